The van der Waals surface area contributed by atoms with Crippen molar-refractivity contribution in [2.45, 2.75) is 58.2 Å². The molecule has 0 aliphatic heterocycles. The number of likely N-dealkylation sites (N-methyl/N-ethyl adjacent to an activating group) is 1. The van der Waals surface area contributed by atoms with Gasteiger partial charge in [0.05, 0.1) is 25.2 Å². The summed E-state index contributed by atoms with van der Waals surface area (Å²) in [7, 11) is 2.70. The van der Waals surface area contributed by atoms with E-state index in [9.17, 15) is 19.2 Å². The molecule has 2 aromatic carbocycles. The van der Waals surface area contributed by atoms with Gasteiger partial charge in [0.2, 0.25) is 11.8 Å². The molecule has 0 aliphatic rings. The number of nitrogens with zero attached hydrogens (tertiary/aromatic N) is 3. The highest BCUT2D eigenvalue weighted by atomic mass is 16.5. The summed E-state index contributed by atoms with van der Waals surface area (Å²) in [4.78, 5) is 64.3. The number of methoxy groups -OCH3 is 1. The molecular formula is C31H39N5O5. The van der Waals surface area contributed by atoms with Gasteiger partial charge in [-0.25, -0.2) is 9.78 Å². The van der Waals surface area contributed by atoms with Gasteiger partial charge in [0.25, 0.3) is 5.91 Å². The highest BCUT2D eigenvalue weighted by Crippen LogP contribution is 2.24. The van der Waals surface area contributed by atoms with Gasteiger partial charge in [-0.3, -0.25) is 19.3 Å². The van der Waals surface area contributed by atoms with Crippen LogP contribution >= 0.6 is 0 Å². The number of nitrogens with one attached hydrogen (secondary N) is 1. The molecule has 0 aliphatic carbocycles. The van der Waals surface area contributed by atoms with Crippen LogP contribution in [0, 0.1) is 5.41 Å². The predicted molar refractivity (Wildman–Crippen MR) is 154 cm³/mol. The summed E-state index contributed by atoms with van der Waals surface area (Å²) in [5.74, 6) is -2.52. The number of carbonyl (C=O) groups is 4. The molecule has 1 heterocycles. The van der Waals surface area contributed by atoms with Crippen molar-refractivity contribution in [1.82, 2.24) is 19.8 Å². The number of amides is 3. The number of aromatic amines is 1. The van der Waals surface area contributed by atoms with Crippen molar-refractivity contribution in [2.24, 2.45) is 11.1 Å². The molecule has 3 amide bonds. The van der Waals surface area contributed by atoms with Crippen molar-refractivity contribution in [3.63, 3.8) is 0 Å². The zero-order chi connectivity index (χ0) is 30.2. The lowest BCUT2D eigenvalue weighted by atomic mass is 9.91. The monoisotopic (exact) mass is 561 g/mol. The van der Waals surface area contributed by atoms with Crippen molar-refractivity contribution < 1.29 is 23.9 Å². The number of hydrogen-bond donors (Lipinski definition) is 2. The Balaban J connectivity index is 2.05. The molecule has 0 spiro atoms. The lowest BCUT2D eigenvalue weighted by molar-refractivity contribution is -0.166. The minimum absolute atomic E-state index is 0.0625. The van der Waals surface area contributed by atoms with Crippen molar-refractivity contribution in [2.75, 3.05) is 14.2 Å². The number of esters is 1. The van der Waals surface area contributed by atoms with Crippen molar-refractivity contribution in [3.8, 4) is 0 Å². The molecule has 218 valence electrons. The number of imide groups is 1. The molecule has 1 aromatic heterocycles. The van der Waals surface area contributed by atoms with Crippen molar-refractivity contribution in [1.29, 1.82) is 0 Å². The largest absolute Gasteiger partial charge is 0.467 e. The van der Waals surface area contributed by atoms with Gasteiger partial charge < -0.3 is 20.4 Å². The second-order valence-corrected chi connectivity index (χ2v) is 11.0. The number of carbonyl (C=O) groups excluding carboxylic acids is 4. The fraction of sp³-hybridized carbons (Fsp3) is 0.387. The number of hydrogen-bond acceptors (Lipinski definition) is 7. The number of imidazole rings is 1. The van der Waals surface area contributed by atoms with Gasteiger partial charge in [-0.2, -0.15) is 0 Å². The molecule has 3 atom stereocenters. The predicted octanol–water partition coefficient (Wildman–Crippen LogP) is 2.53. The zero-order valence-electron chi connectivity index (χ0n) is 24.2. The molecule has 10 nitrogen and oxygen atoms in total. The molecule has 0 radical (unpaired) electrons. The third kappa shape index (κ3) is 8.11. The van der Waals surface area contributed by atoms with E-state index in [1.807, 2.05) is 60.7 Å². The minimum atomic E-state index is -1.30. The first-order valence-corrected chi connectivity index (χ1v) is 13.5. The summed E-state index contributed by atoms with van der Waals surface area (Å²) in [6.07, 6.45) is 3.34. The lowest BCUT2D eigenvalue weighted by Crippen LogP contribution is -2.61. The van der Waals surface area contributed by atoms with E-state index in [0.717, 1.165) is 16.0 Å². The number of nitrogens with two attached hydrogens (primary N) is 1. The Kier molecular flexibility index (Phi) is 10.5. The number of rotatable bonds is 11. The fourth-order valence-corrected chi connectivity index (χ4v) is 4.53. The second kappa shape index (κ2) is 13.8. The standard InChI is InChI=1S/C31H39N5O5/c1-31(2,3)30(40)36(26(29(39)41-5)18-23-19-33-20-34-23)28(38)25(17-22-14-10-7-11-15-22)35(4)27(37)24(32)16-21-12-8-6-9-13-21/h6-15,19-20,24-26H,16-18,32H2,1-5H3,(H,33,34)/t24-,25-,26-/m0/s1. The Bertz CT molecular complexity index is 1310. The summed E-state index contributed by atoms with van der Waals surface area (Å²) in [5.41, 5.74) is 7.42. The zero-order valence-corrected chi connectivity index (χ0v) is 24.2. The summed E-state index contributed by atoms with van der Waals surface area (Å²) < 4.78 is 5.04. The van der Waals surface area contributed by atoms with Crippen molar-refractivity contribution >= 4 is 23.7 Å². The molecule has 3 rings (SSSR count). The summed E-state index contributed by atoms with van der Waals surface area (Å²) in [5, 5.41) is 0. The molecule has 41 heavy (non-hydrogen) atoms. The first-order valence-electron chi connectivity index (χ1n) is 13.5. The molecule has 3 N–H and O–H groups in total. The number of benzene rings is 2. The van der Waals surface area contributed by atoms with E-state index in [1.165, 1.54) is 25.4 Å². The topological polar surface area (TPSA) is 139 Å². The quantitative estimate of drug-likeness (QED) is 0.343. The maximum atomic E-state index is 14.5. The Labute approximate surface area is 240 Å². The van der Waals surface area contributed by atoms with E-state index in [4.69, 9.17) is 10.5 Å². The number of ether oxygens (including phenoxy) is 1. The van der Waals surface area contributed by atoms with Crippen LogP contribution in [0.25, 0.3) is 0 Å². The normalized spacial score (nSPS) is 13.5. The van der Waals surface area contributed by atoms with E-state index in [0.29, 0.717) is 5.69 Å². The summed E-state index contributed by atoms with van der Waals surface area (Å²) in [6, 6.07) is 15.1. The second-order valence-electron chi connectivity index (χ2n) is 11.0. The number of aromatic nitrogens is 2. The molecule has 0 saturated heterocycles. The van der Waals surface area contributed by atoms with Gasteiger partial charge in [0, 0.05) is 31.5 Å². The first-order chi connectivity index (χ1) is 19.4. The van der Waals surface area contributed by atoms with Gasteiger partial charge in [0.15, 0.2) is 0 Å². The van der Waals surface area contributed by atoms with Crippen LogP contribution in [0.4, 0.5) is 0 Å². The average Bonchev–Trinajstić information content (AvgIpc) is 3.48. The smallest absolute Gasteiger partial charge is 0.329 e. The van der Waals surface area contributed by atoms with Crippen LogP contribution in [-0.2, 0) is 43.2 Å². The minimum Gasteiger partial charge on any atom is -0.467 e. The molecule has 0 saturated carbocycles. The Morgan fingerprint density at radius 3 is 1.93 bits per heavy atom. The van der Waals surface area contributed by atoms with Gasteiger partial charge in [-0.15, -0.1) is 0 Å². The average molecular weight is 562 g/mol. The van der Waals surface area contributed by atoms with Crippen LogP contribution in [0.15, 0.2) is 73.2 Å². The third-order valence-electron chi connectivity index (χ3n) is 6.83. The highest BCUT2D eigenvalue weighted by molar-refractivity contribution is 6.04. The molecule has 0 unspecified atom stereocenters. The van der Waals surface area contributed by atoms with E-state index < -0.39 is 47.2 Å². The van der Waals surface area contributed by atoms with Gasteiger partial charge in [-0.1, -0.05) is 81.4 Å². The summed E-state index contributed by atoms with van der Waals surface area (Å²) >= 11 is 0. The van der Waals surface area contributed by atoms with Crippen LogP contribution in [0.5, 0.6) is 0 Å². The molecular weight excluding hydrogens is 522 g/mol. The van der Waals surface area contributed by atoms with Crippen LogP contribution in [0.2, 0.25) is 0 Å². The maximum Gasteiger partial charge on any atom is 0.329 e. The van der Waals surface area contributed by atoms with E-state index in [1.54, 1.807) is 27.0 Å². The molecule has 3 aromatic rings. The van der Waals surface area contributed by atoms with Crippen LogP contribution in [-0.4, -0.2) is 75.7 Å². The van der Waals surface area contributed by atoms with Gasteiger partial charge in [0.1, 0.15) is 12.1 Å². The van der Waals surface area contributed by atoms with Crippen LogP contribution in [0.1, 0.15) is 37.6 Å². The Hall–Kier alpha value is -4.31. The molecule has 0 fully saturated rings. The third-order valence-corrected chi connectivity index (χ3v) is 6.83. The van der Waals surface area contributed by atoms with E-state index in [-0.39, 0.29) is 19.3 Å². The van der Waals surface area contributed by atoms with E-state index >= 15 is 0 Å². The Morgan fingerprint density at radius 1 is 0.878 bits per heavy atom. The van der Waals surface area contributed by atoms with Crippen molar-refractivity contribution in [3.05, 3.63) is 90.0 Å². The molecule has 0 bridgehead atoms. The van der Waals surface area contributed by atoms with Crippen LogP contribution < -0.4 is 5.73 Å². The van der Waals surface area contributed by atoms with Crippen LogP contribution in [0.3, 0.4) is 0 Å². The first kappa shape index (κ1) is 31.2. The fourth-order valence-electron chi connectivity index (χ4n) is 4.53. The Morgan fingerprint density at radius 2 is 1.44 bits per heavy atom. The SMILES string of the molecule is COC(=O)[C@H](Cc1c[nH]cn1)N(C(=O)[C@H](Cc1ccccc1)N(C)C(=O)[C@@H](N)Cc1ccccc1)C(=O)C(C)(C)C. The summed E-state index contributed by atoms with van der Waals surface area (Å²) in [6.45, 7) is 4.99. The lowest BCUT2D eigenvalue weighted by Gasteiger charge is -2.38. The van der Waals surface area contributed by atoms with Gasteiger partial charge in [-0.05, 0) is 17.5 Å². The molecule has 10 heteroatoms. The van der Waals surface area contributed by atoms with Gasteiger partial charge >= 0.3 is 5.97 Å². The van der Waals surface area contributed by atoms with E-state index in [2.05, 4.69) is 9.97 Å². The maximum absolute atomic E-state index is 14.5. The highest BCUT2D eigenvalue weighted by Gasteiger charge is 2.44. The number of H-pyrrole nitrogens is 1.